The molecule has 0 aromatic carbocycles. The van der Waals surface area contributed by atoms with Crippen LogP contribution in [0.4, 0.5) is 0 Å². The Morgan fingerprint density at radius 1 is 1.39 bits per heavy atom. The van der Waals surface area contributed by atoms with Crippen LogP contribution in [0.5, 0.6) is 5.88 Å². The monoisotopic (exact) mass is 318 g/mol. The van der Waals surface area contributed by atoms with Crippen LogP contribution in [0.25, 0.3) is 5.82 Å². The molecule has 0 spiro atoms. The molecule has 2 aromatic heterocycles. The summed E-state index contributed by atoms with van der Waals surface area (Å²) in [5.74, 6) is 0.837. The van der Waals surface area contributed by atoms with Gasteiger partial charge in [-0.15, -0.1) is 10.2 Å². The van der Waals surface area contributed by atoms with Gasteiger partial charge < -0.3 is 15.4 Å². The quantitative estimate of drug-likeness (QED) is 0.781. The average Bonchev–Trinajstić information content (AvgIpc) is 2.95. The molecule has 8 nitrogen and oxygen atoms in total. The van der Waals surface area contributed by atoms with E-state index in [4.69, 9.17) is 4.74 Å². The van der Waals surface area contributed by atoms with Crippen LogP contribution in [0.15, 0.2) is 18.3 Å². The van der Waals surface area contributed by atoms with Crippen LogP contribution < -0.4 is 15.4 Å². The second kappa shape index (κ2) is 7.68. The van der Waals surface area contributed by atoms with Crippen molar-refractivity contribution in [3.63, 3.8) is 0 Å². The third-order valence-electron chi connectivity index (χ3n) is 3.45. The normalized spacial score (nSPS) is 12.0. The van der Waals surface area contributed by atoms with Gasteiger partial charge in [-0.25, -0.2) is 4.68 Å². The number of carbonyl (C=O) groups is 1. The minimum atomic E-state index is -0.158. The summed E-state index contributed by atoms with van der Waals surface area (Å²) in [5.41, 5.74) is 1.22. The Kier molecular flexibility index (Phi) is 5.64. The van der Waals surface area contributed by atoms with Crippen LogP contribution >= 0.6 is 0 Å². The zero-order valence-corrected chi connectivity index (χ0v) is 13.8. The Bertz CT molecular complexity index is 652. The van der Waals surface area contributed by atoms with Crippen LogP contribution in [-0.2, 0) is 0 Å². The highest BCUT2D eigenvalue weighted by atomic mass is 16.5. The molecule has 2 rings (SSSR count). The first-order valence-corrected chi connectivity index (χ1v) is 7.53. The van der Waals surface area contributed by atoms with E-state index in [0.29, 0.717) is 36.1 Å². The number of ether oxygens (including phenoxy) is 1. The predicted octanol–water partition coefficient (Wildman–Crippen LogP) is 0.707. The van der Waals surface area contributed by atoms with Gasteiger partial charge in [-0.2, -0.15) is 5.10 Å². The lowest BCUT2D eigenvalue weighted by atomic mass is 10.2. The van der Waals surface area contributed by atoms with E-state index >= 15 is 0 Å². The number of amides is 1. The van der Waals surface area contributed by atoms with Crippen molar-refractivity contribution in [3.05, 3.63) is 29.6 Å². The van der Waals surface area contributed by atoms with Crippen molar-refractivity contribution in [3.8, 4) is 11.7 Å². The summed E-state index contributed by atoms with van der Waals surface area (Å²) >= 11 is 0. The van der Waals surface area contributed by atoms with Crippen molar-refractivity contribution in [2.45, 2.75) is 26.8 Å². The van der Waals surface area contributed by atoms with Gasteiger partial charge in [0.25, 0.3) is 5.91 Å². The number of nitrogens with zero attached hydrogens (tertiary/aromatic N) is 4. The second-order valence-electron chi connectivity index (χ2n) is 5.12. The van der Waals surface area contributed by atoms with Crippen molar-refractivity contribution >= 4 is 5.91 Å². The van der Waals surface area contributed by atoms with E-state index < -0.39 is 0 Å². The molecule has 1 amide bonds. The SMILES string of the molecule is CCOc1ccc(-n2ncc(C(=O)NCC(C)NC)c2C)nn1. The molecule has 124 valence electrons. The lowest BCUT2D eigenvalue weighted by molar-refractivity contribution is 0.0950. The summed E-state index contributed by atoms with van der Waals surface area (Å²) in [7, 11) is 1.85. The molecule has 2 N–H and O–H groups in total. The highest BCUT2D eigenvalue weighted by molar-refractivity contribution is 5.95. The molecule has 0 fully saturated rings. The first kappa shape index (κ1) is 16.9. The highest BCUT2D eigenvalue weighted by Crippen LogP contribution is 2.13. The summed E-state index contributed by atoms with van der Waals surface area (Å²) in [6, 6.07) is 3.68. The molecule has 0 bridgehead atoms. The van der Waals surface area contributed by atoms with E-state index in [9.17, 15) is 4.79 Å². The van der Waals surface area contributed by atoms with Gasteiger partial charge in [-0.05, 0) is 33.9 Å². The molecule has 0 aliphatic rings. The lowest BCUT2D eigenvalue weighted by Crippen LogP contribution is -2.37. The maximum absolute atomic E-state index is 12.2. The second-order valence-corrected chi connectivity index (χ2v) is 5.12. The summed E-state index contributed by atoms with van der Waals surface area (Å²) in [6.45, 7) is 6.77. The first-order chi connectivity index (χ1) is 11.1. The predicted molar refractivity (Wildman–Crippen MR) is 85.9 cm³/mol. The lowest BCUT2D eigenvalue weighted by Gasteiger charge is -2.11. The van der Waals surface area contributed by atoms with Crippen molar-refractivity contribution in [1.29, 1.82) is 0 Å². The molecule has 2 heterocycles. The van der Waals surface area contributed by atoms with E-state index in [1.807, 2.05) is 27.8 Å². The summed E-state index contributed by atoms with van der Waals surface area (Å²) in [5, 5.41) is 18.2. The minimum Gasteiger partial charge on any atom is -0.477 e. The molecule has 0 radical (unpaired) electrons. The molecule has 0 saturated carbocycles. The highest BCUT2D eigenvalue weighted by Gasteiger charge is 2.16. The van der Waals surface area contributed by atoms with Gasteiger partial charge in [0, 0.05) is 18.7 Å². The topological polar surface area (TPSA) is 94.0 Å². The molecule has 2 aromatic rings. The summed E-state index contributed by atoms with van der Waals surface area (Å²) in [6.07, 6.45) is 1.53. The molecule has 0 aliphatic heterocycles. The van der Waals surface area contributed by atoms with Crippen LogP contribution in [0.1, 0.15) is 29.9 Å². The Hall–Kier alpha value is -2.48. The Balaban J connectivity index is 2.13. The molecule has 1 unspecified atom stereocenters. The Labute approximate surface area is 135 Å². The fourth-order valence-corrected chi connectivity index (χ4v) is 1.96. The fourth-order valence-electron chi connectivity index (χ4n) is 1.96. The molecule has 0 aliphatic carbocycles. The zero-order valence-electron chi connectivity index (χ0n) is 13.8. The third kappa shape index (κ3) is 4.04. The van der Waals surface area contributed by atoms with E-state index in [1.165, 1.54) is 6.20 Å². The van der Waals surface area contributed by atoms with Gasteiger partial charge in [0.05, 0.1) is 24.1 Å². The average molecular weight is 318 g/mol. The standard InChI is InChI=1S/C15H22N6O2/c1-5-23-14-7-6-13(19-20-14)21-11(3)12(9-18-21)15(22)17-8-10(2)16-4/h6-7,9-10,16H,5,8H2,1-4H3,(H,17,22). The largest absolute Gasteiger partial charge is 0.477 e. The van der Waals surface area contributed by atoms with Crippen molar-refractivity contribution in [2.24, 2.45) is 0 Å². The van der Waals surface area contributed by atoms with Gasteiger partial charge in [-0.1, -0.05) is 0 Å². The van der Waals surface area contributed by atoms with Crippen LogP contribution in [0.3, 0.4) is 0 Å². The Morgan fingerprint density at radius 3 is 2.78 bits per heavy atom. The van der Waals surface area contributed by atoms with Gasteiger partial charge in [-0.3, -0.25) is 4.79 Å². The number of aromatic nitrogens is 4. The Morgan fingerprint density at radius 2 is 2.17 bits per heavy atom. The third-order valence-corrected chi connectivity index (χ3v) is 3.45. The fraction of sp³-hybridized carbons (Fsp3) is 0.467. The van der Waals surface area contributed by atoms with E-state index in [-0.39, 0.29) is 11.9 Å². The van der Waals surface area contributed by atoms with Gasteiger partial charge in [0.1, 0.15) is 0 Å². The number of rotatable bonds is 7. The number of likely N-dealkylation sites (N-methyl/N-ethyl adjacent to an activating group) is 1. The van der Waals surface area contributed by atoms with Crippen LogP contribution in [0.2, 0.25) is 0 Å². The van der Waals surface area contributed by atoms with Crippen molar-refractivity contribution in [2.75, 3.05) is 20.2 Å². The van der Waals surface area contributed by atoms with Crippen molar-refractivity contribution < 1.29 is 9.53 Å². The molecule has 0 saturated heterocycles. The molecule has 23 heavy (non-hydrogen) atoms. The zero-order chi connectivity index (χ0) is 16.8. The van der Waals surface area contributed by atoms with Crippen LogP contribution in [-0.4, -0.2) is 52.1 Å². The van der Waals surface area contributed by atoms with Gasteiger partial charge >= 0.3 is 0 Å². The number of carbonyl (C=O) groups excluding carboxylic acids is 1. The summed E-state index contributed by atoms with van der Waals surface area (Å²) in [4.78, 5) is 12.2. The number of hydrogen-bond donors (Lipinski definition) is 2. The minimum absolute atomic E-state index is 0.158. The van der Waals surface area contributed by atoms with Crippen molar-refractivity contribution in [1.82, 2.24) is 30.6 Å². The number of hydrogen-bond acceptors (Lipinski definition) is 6. The maximum Gasteiger partial charge on any atom is 0.254 e. The number of nitrogens with one attached hydrogen (secondary N) is 2. The van der Waals surface area contributed by atoms with Gasteiger partial charge in [0.2, 0.25) is 5.88 Å². The maximum atomic E-state index is 12.2. The molecular formula is C15H22N6O2. The van der Waals surface area contributed by atoms with Gasteiger partial charge in [0.15, 0.2) is 5.82 Å². The molecular weight excluding hydrogens is 296 g/mol. The van der Waals surface area contributed by atoms with E-state index in [1.54, 1.807) is 16.8 Å². The summed E-state index contributed by atoms with van der Waals surface area (Å²) < 4.78 is 6.84. The molecule has 8 heteroatoms. The smallest absolute Gasteiger partial charge is 0.254 e. The van der Waals surface area contributed by atoms with E-state index in [0.717, 1.165) is 0 Å². The first-order valence-electron chi connectivity index (χ1n) is 7.53. The molecule has 1 atom stereocenters. The van der Waals surface area contributed by atoms with Crippen LogP contribution in [0, 0.1) is 6.92 Å². The van der Waals surface area contributed by atoms with E-state index in [2.05, 4.69) is 25.9 Å².